The summed E-state index contributed by atoms with van der Waals surface area (Å²) in [7, 11) is 1.87. The van der Waals surface area contributed by atoms with Crippen LogP contribution in [0.1, 0.15) is 16.6 Å². The van der Waals surface area contributed by atoms with Crippen LogP contribution in [-0.2, 0) is 6.42 Å². The van der Waals surface area contributed by atoms with Gasteiger partial charge in [-0.05, 0) is 34.6 Å². The number of thiazole rings is 1. The van der Waals surface area contributed by atoms with Crippen LogP contribution in [0.25, 0.3) is 0 Å². The molecule has 0 saturated heterocycles. The van der Waals surface area contributed by atoms with E-state index in [4.69, 9.17) is 0 Å². The Hall–Kier alpha value is -0.780. The van der Waals surface area contributed by atoms with Gasteiger partial charge in [-0.2, -0.15) is 0 Å². The fourth-order valence-corrected chi connectivity index (χ4v) is 2.89. The van der Waals surface area contributed by atoms with Crippen LogP contribution >= 0.6 is 27.3 Å². The molecular weight excluding hydrogens is 303 g/mol. The van der Waals surface area contributed by atoms with Crippen LogP contribution in [0.5, 0.6) is 0 Å². The number of hydrogen-bond acceptors (Lipinski definition) is 3. The first kappa shape index (κ1) is 12.7. The van der Waals surface area contributed by atoms with Gasteiger partial charge in [0.1, 0.15) is 5.82 Å². The maximum absolute atomic E-state index is 13.5. The molecule has 0 aliphatic rings. The largest absolute Gasteiger partial charge is 0.313 e. The summed E-state index contributed by atoms with van der Waals surface area (Å²) in [6.45, 7) is 0. The summed E-state index contributed by atoms with van der Waals surface area (Å²) in [5.74, 6) is -0.234. The van der Waals surface area contributed by atoms with Crippen molar-refractivity contribution in [3.8, 4) is 0 Å². The minimum absolute atomic E-state index is 0.0613. The van der Waals surface area contributed by atoms with E-state index in [1.54, 1.807) is 23.6 Å². The molecule has 0 fully saturated rings. The molecule has 0 spiro atoms. The molecule has 17 heavy (non-hydrogen) atoms. The van der Waals surface area contributed by atoms with Crippen LogP contribution < -0.4 is 5.32 Å². The molecule has 0 aliphatic carbocycles. The van der Waals surface area contributed by atoms with E-state index < -0.39 is 0 Å². The lowest BCUT2D eigenvalue weighted by atomic mass is 10.0. The molecule has 0 aliphatic heterocycles. The first-order valence-electron chi connectivity index (χ1n) is 5.22. The summed E-state index contributed by atoms with van der Waals surface area (Å²) < 4.78 is 14.0. The minimum Gasteiger partial charge on any atom is -0.313 e. The third-order valence-corrected chi connectivity index (χ3v) is 4.21. The highest BCUT2D eigenvalue weighted by Gasteiger charge is 2.16. The van der Waals surface area contributed by atoms with Crippen molar-refractivity contribution in [1.29, 1.82) is 0 Å². The van der Waals surface area contributed by atoms with Gasteiger partial charge in [-0.15, -0.1) is 11.3 Å². The normalized spacial score (nSPS) is 12.6. The van der Waals surface area contributed by atoms with E-state index in [0.717, 1.165) is 17.0 Å². The highest BCUT2D eigenvalue weighted by molar-refractivity contribution is 9.10. The Labute approximate surface area is 112 Å². The summed E-state index contributed by atoms with van der Waals surface area (Å²) in [6.07, 6.45) is 2.55. The van der Waals surface area contributed by atoms with Gasteiger partial charge in [-0.3, -0.25) is 0 Å². The van der Waals surface area contributed by atoms with E-state index in [-0.39, 0.29) is 11.9 Å². The van der Waals surface area contributed by atoms with Crippen molar-refractivity contribution in [2.75, 3.05) is 7.05 Å². The van der Waals surface area contributed by atoms with E-state index >= 15 is 0 Å². The molecule has 1 unspecified atom stereocenters. The monoisotopic (exact) mass is 314 g/mol. The second kappa shape index (κ2) is 5.71. The first-order valence-corrected chi connectivity index (χ1v) is 6.89. The number of hydrogen-bond donors (Lipinski definition) is 1. The number of likely N-dealkylation sites (N-methyl/N-ethyl adjacent to an activating group) is 1. The molecule has 5 heteroatoms. The lowest BCUT2D eigenvalue weighted by Crippen LogP contribution is -2.19. The van der Waals surface area contributed by atoms with Crippen LogP contribution in [-0.4, -0.2) is 12.0 Å². The smallest absolute Gasteiger partial charge is 0.137 e. The Bertz CT molecular complexity index is 487. The Morgan fingerprint density at radius 1 is 1.53 bits per heavy atom. The number of rotatable bonds is 4. The maximum Gasteiger partial charge on any atom is 0.137 e. The number of halogens is 2. The third-order valence-electron chi connectivity index (χ3n) is 2.57. The summed E-state index contributed by atoms with van der Waals surface area (Å²) in [4.78, 5) is 4.25. The zero-order chi connectivity index (χ0) is 12.3. The van der Waals surface area contributed by atoms with Crippen molar-refractivity contribution < 1.29 is 4.39 Å². The molecular formula is C12H12BrFN2S. The van der Waals surface area contributed by atoms with E-state index in [1.165, 1.54) is 6.07 Å². The number of nitrogens with one attached hydrogen (secondary N) is 1. The Balaban J connectivity index is 2.26. The Morgan fingerprint density at radius 3 is 3.00 bits per heavy atom. The van der Waals surface area contributed by atoms with E-state index in [2.05, 4.69) is 26.2 Å². The average Bonchev–Trinajstić information content (AvgIpc) is 2.83. The quantitative estimate of drug-likeness (QED) is 0.933. The zero-order valence-corrected chi connectivity index (χ0v) is 11.7. The first-order chi connectivity index (χ1) is 8.22. The van der Waals surface area contributed by atoms with Gasteiger partial charge in [0.05, 0.1) is 9.48 Å². The van der Waals surface area contributed by atoms with Crippen molar-refractivity contribution in [3.63, 3.8) is 0 Å². The molecule has 0 radical (unpaired) electrons. The van der Waals surface area contributed by atoms with E-state index in [1.807, 2.05) is 18.5 Å². The predicted molar refractivity (Wildman–Crippen MR) is 71.7 cm³/mol. The van der Waals surface area contributed by atoms with Crippen LogP contribution in [0.3, 0.4) is 0 Å². The molecule has 1 atom stereocenters. The molecule has 2 nitrogen and oxygen atoms in total. The number of aromatic nitrogens is 1. The highest BCUT2D eigenvalue weighted by Crippen LogP contribution is 2.28. The van der Waals surface area contributed by atoms with Crippen LogP contribution in [0, 0.1) is 5.82 Å². The third kappa shape index (κ3) is 2.91. The molecule has 2 rings (SSSR count). The molecule has 90 valence electrons. The summed E-state index contributed by atoms with van der Waals surface area (Å²) >= 11 is 4.90. The van der Waals surface area contributed by atoms with Crippen molar-refractivity contribution >= 4 is 27.3 Å². The predicted octanol–water partition coefficient (Wildman–Crippen LogP) is 3.55. The molecule has 2 aromatic rings. The fraction of sp³-hybridized carbons (Fsp3) is 0.250. The van der Waals surface area contributed by atoms with Crippen LogP contribution in [0.2, 0.25) is 0 Å². The lowest BCUT2D eigenvalue weighted by molar-refractivity contribution is 0.570. The summed E-state index contributed by atoms with van der Waals surface area (Å²) in [5, 5.41) is 6.18. The summed E-state index contributed by atoms with van der Waals surface area (Å²) in [6, 6.07) is 5.15. The minimum atomic E-state index is -0.234. The van der Waals surface area contributed by atoms with E-state index in [9.17, 15) is 4.39 Å². The highest BCUT2D eigenvalue weighted by atomic mass is 79.9. The maximum atomic E-state index is 13.5. The molecule has 0 bridgehead atoms. The van der Waals surface area contributed by atoms with Crippen LogP contribution in [0.4, 0.5) is 4.39 Å². The van der Waals surface area contributed by atoms with Crippen molar-refractivity contribution in [2.24, 2.45) is 0 Å². The Morgan fingerprint density at radius 2 is 2.35 bits per heavy atom. The second-order valence-electron chi connectivity index (χ2n) is 3.61. The van der Waals surface area contributed by atoms with Gasteiger partial charge in [0.25, 0.3) is 0 Å². The van der Waals surface area contributed by atoms with Crippen LogP contribution in [0.15, 0.2) is 34.2 Å². The van der Waals surface area contributed by atoms with Gasteiger partial charge >= 0.3 is 0 Å². The van der Waals surface area contributed by atoms with Crippen molar-refractivity contribution in [2.45, 2.75) is 12.5 Å². The zero-order valence-electron chi connectivity index (χ0n) is 9.28. The molecule has 0 saturated carbocycles. The van der Waals surface area contributed by atoms with Crippen molar-refractivity contribution in [3.05, 3.63) is 50.6 Å². The van der Waals surface area contributed by atoms with Gasteiger partial charge in [-0.25, -0.2) is 9.37 Å². The van der Waals surface area contributed by atoms with E-state index in [0.29, 0.717) is 4.47 Å². The fourth-order valence-electron chi connectivity index (χ4n) is 1.69. The van der Waals surface area contributed by atoms with Gasteiger partial charge in [-0.1, -0.05) is 12.1 Å². The molecule has 1 heterocycles. The molecule has 1 aromatic heterocycles. The standard InChI is InChI=1S/C12H12BrFN2S/c1-15-10(7-11-16-5-6-17-11)8-3-2-4-9(14)12(8)13/h2-6,10,15H,7H2,1H3. The molecule has 1 aromatic carbocycles. The number of benzene rings is 1. The van der Waals surface area contributed by atoms with Crippen molar-refractivity contribution in [1.82, 2.24) is 10.3 Å². The summed E-state index contributed by atoms with van der Waals surface area (Å²) in [5.41, 5.74) is 0.919. The average molecular weight is 315 g/mol. The number of nitrogens with zero attached hydrogens (tertiary/aromatic N) is 1. The SMILES string of the molecule is CNC(Cc1nccs1)c1cccc(F)c1Br. The molecule has 1 N–H and O–H groups in total. The topological polar surface area (TPSA) is 24.9 Å². The van der Waals surface area contributed by atoms with Gasteiger partial charge < -0.3 is 5.32 Å². The second-order valence-corrected chi connectivity index (χ2v) is 5.39. The van der Waals surface area contributed by atoms with Gasteiger partial charge in [0, 0.05) is 24.0 Å². The van der Waals surface area contributed by atoms with Gasteiger partial charge in [0.15, 0.2) is 0 Å². The lowest BCUT2D eigenvalue weighted by Gasteiger charge is -2.17. The molecule has 0 amide bonds. The Kier molecular flexibility index (Phi) is 4.25. The van der Waals surface area contributed by atoms with Gasteiger partial charge in [0.2, 0.25) is 0 Å².